The molecule has 0 aromatic heterocycles. The van der Waals surface area contributed by atoms with E-state index in [9.17, 15) is 10.1 Å². The van der Waals surface area contributed by atoms with E-state index in [1.54, 1.807) is 11.8 Å². The van der Waals surface area contributed by atoms with Crippen LogP contribution in [0.15, 0.2) is 100 Å². The molecule has 30 heavy (non-hydrogen) atoms. The van der Waals surface area contributed by atoms with Crippen molar-refractivity contribution in [2.24, 2.45) is 0 Å². The fourth-order valence-electron chi connectivity index (χ4n) is 2.69. The number of rotatable bonds is 8. The van der Waals surface area contributed by atoms with Crippen molar-refractivity contribution in [1.29, 1.82) is 5.26 Å². The van der Waals surface area contributed by atoms with Crippen LogP contribution in [0.5, 0.6) is 0 Å². The van der Waals surface area contributed by atoms with Gasteiger partial charge in [0.1, 0.15) is 11.6 Å². The summed E-state index contributed by atoms with van der Waals surface area (Å²) in [7, 11) is 0. The molecule has 3 aromatic carbocycles. The lowest BCUT2D eigenvalue weighted by Crippen LogP contribution is -2.18. The van der Waals surface area contributed by atoms with Crippen LogP contribution < -0.4 is 10.6 Å². The number of hydrogen-bond donors (Lipinski definition) is 2. The summed E-state index contributed by atoms with van der Waals surface area (Å²) in [5.41, 5.74) is 1.68. The molecule has 1 amide bonds. The van der Waals surface area contributed by atoms with Crippen LogP contribution in [0, 0.1) is 11.3 Å². The average Bonchev–Trinajstić information content (AvgIpc) is 2.77. The minimum absolute atomic E-state index is 0.00803. The predicted molar refractivity (Wildman–Crippen MR) is 122 cm³/mol. The van der Waals surface area contributed by atoms with Crippen molar-refractivity contribution in [3.8, 4) is 6.07 Å². The first kappa shape index (κ1) is 21.5. The van der Waals surface area contributed by atoms with Gasteiger partial charge in [-0.2, -0.15) is 5.26 Å². The first-order valence-corrected chi connectivity index (χ1v) is 10.6. The lowest BCUT2D eigenvalue weighted by molar-refractivity contribution is -0.112. The van der Waals surface area contributed by atoms with E-state index in [-0.39, 0.29) is 5.57 Å². The Balaban J connectivity index is 1.62. The Hall–Kier alpha value is -3.20. The number of anilines is 1. The number of nitrogens with one attached hydrogen (secondary N) is 2. The van der Waals surface area contributed by atoms with Crippen molar-refractivity contribution in [2.45, 2.75) is 16.2 Å². The van der Waals surface area contributed by atoms with Gasteiger partial charge in [0.15, 0.2) is 0 Å². The maximum atomic E-state index is 12.6. The van der Waals surface area contributed by atoms with Crippen LogP contribution in [-0.2, 0) is 11.2 Å². The fourth-order valence-corrected chi connectivity index (χ4v) is 3.85. The minimum atomic E-state index is -0.455. The van der Waals surface area contributed by atoms with Crippen molar-refractivity contribution in [1.82, 2.24) is 5.32 Å². The van der Waals surface area contributed by atoms with Crippen LogP contribution in [0.3, 0.4) is 0 Å². The Morgan fingerprint density at radius 1 is 1.00 bits per heavy atom. The Morgan fingerprint density at radius 2 is 1.70 bits per heavy atom. The average molecular weight is 434 g/mol. The van der Waals surface area contributed by atoms with E-state index < -0.39 is 5.91 Å². The summed E-state index contributed by atoms with van der Waals surface area (Å²) < 4.78 is 0. The summed E-state index contributed by atoms with van der Waals surface area (Å²) in [5.74, 6) is -0.455. The molecule has 3 rings (SSSR count). The molecular weight excluding hydrogens is 414 g/mol. The number of benzene rings is 3. The normalized spacial score (nSPS) is 10.9. The zero-order chi connectivity index (χ0) is 21.2. The molecule has 0 radical (unpaired) electrons. The van der Waals surface area contributed by atoms with Crippen molar-refractivity contribution in [2.75, 3.05) is 11.9 Å². The molecule has 0 aliphatic heterocycles. The standard InChI is InChI=1S/C24H20ClN3OS/c25-21-11-5-4-8-18(21)14-15-27-17-19(16-26)24(29)28-22-12-6-7-13-23(22)30-20-9-2-1-3-10-20/h1-13,17,27H,14-15H2,(H,28,29)/b19-17-. The van der Waals surface area contributed by atoms with Crippen molar-refractivity contribution in [3.63, 3.8) is 0 Å². The Bertz CT molecular complexity index is 1080. The van der Waals surface area contributed by atoms with E-state index in [0.717, 1.165) is 15.4 Å². The summed E-state index contributed by atoms with van der Waals surface area (Å²) in [6.07, 6.45) is 2.13. The van der Waals surface area contributed by atoms with E-state index in [1.807, 2.05) is 84.9 Å². The molecule has 0 spiro atoms. The number of hydrogen-bond acceptors (Lipinski definition) is 4. The molecule has 0 bridgehead atoms. The first-order valence-electron chi connectivity index (χ1n) is 9.37. The van der Waals surface area contributed by atoms with Crippen molar-refractivity contribution >= 4 is 35.0 Å². The smallest absolute Gasteiger partial charge is 0.267 e. The zero-order valence-electron chi connectivity index (χ0n) is 16.1. The Kier molecular flexibility index (Phi) is 7.96. The Labute approximate surface area is 185 Å². The van der Waals surface area contributed by atoms with Crippen molar-refractivity contribution < 1.29 is 4.79 Å². The number of nitriles is 1. The highest BCUT2D eigenvalue weighted by atomic mass is 35.5. The van der Waals surface area contributed by atoms with Gasteiger partial charge in [-0.05, 0) is 42.3 Å². The van der Waals surface area contributed by atoms with Gasteiger partial charge in [-0.1, -0.05) is 71.9 Å². The molecule has 0 saturated carbocycles. The molecular formula is C24H20ClN3OS. The SMILES string of the molecule is N#C/C(=C/NCCc1ccccc1Cl)C(=O)Nc1ccccc1Sc1ccccc1. The molecule has 2 N–H and O–H groups in total. The lowest BCUT2D eigenvalue weighted by atomic mass is 10.1. The molecule has 150 valence electrons. The second kappa shape index (κ2) is 11.1. The number of halogens is 1. The van der Waals surface area contributed by atoms with E-state index in [0.29, 0.717) is 23.7 Å². The molecule has 0 aliphatic carbocycles. The first-order chi connectivity index (χ1) is 14.7. The van der Waals surface area contributed by atoms with Crippen LogP contribution in [0.25, 0.3) is 0 Å². The summed E-state index contributed by atoms with van der Waals surface area (Å²) in [6.45, 7) is 0.558. The van der Waals surface area contributed by atoms with Gasteiger partial charge in [0.25, 0.3) is 5.91 Å². The van der Waals surface area contributed by atoms with Gasteiger partial charge in [-0.15, -0.1) is 0 Å². The number of nitrogens with zero attached hydrogens (tertiary/aromatic N) is 1. The summed E-state index contributed by atoms with van der Waals surface area (Å²) in [5, 5.41) is 16.0. The molecule has 6 heteroatoms. The molecule has 0 heterocycles. The minimum Gasteiger partial charge on any atom is -0.389 e. The Morgan fingerprint density at radius 3 is 2.47 bits per heavy atom. The second-order valence-corrected chi connectivity index (χ2v) is 7.85. The quantitative estimate of drug-likeness (QED) is 0.273. The third-order valence-corrected chi connectivity index (χ3v) is 5.67. The molecule has 0 unspecified atom stereocenters. The summed E-state index contributed by atoms with van der Waals surface area (Å²) in [4.78, 5) is 14.6. The molecule has 3 aromatic rings. The van der Waals surface area contributed by atoms with Crippen molar-refractivity contribution in [3.05, 3.63) is 101 Å². The van der Waals surface area contributed by atoms with Crippen LogP contribution in [0.4, 0.5) is 5.69 Å². The van der Waals surface area contributed by atoms with Gasteiger partial charge in [0, 0.05) is 27.6 Å². The number of carbonyl (C=O) groups excluding carboxylic acids is 1. The van der Waals surface area contributed by atoms with E-state index in [4.69, 9.17) is 11.6 Å². The second-order valence-electron chi connectivity index (χ2n) is 6.33. The highest BCUT2D eigenvalue weighted by Gasteiger charge is 2.12. The molecule has 0 aliphatic rings. The predicted octanol–water partition coefficient (Wildman–Crippen LogP) is 5.67. The molecule has 0 saturated heterocycles. The molecule has 4 nitrogen and oxygen atoms in total. The maximum absolute atomic E-state index is 12.6. The van der Waals surface area contributed by atoms with E-state index >= 15 is 0 Å². The zero-order valence-corrected chi connectivity index (χ0v) is 17.7. The third kappa shape index (κ3) is 6.15. The van der Waals surface area contributed by atoms with Crippen LogP contribution in [0.2, 0.25) is 5.02 Å². The molecule has 0 fully saturated rings. The van der Waals surface area contributed by atoms with Gasteiger partial charge in [0.2, 0.25) is 0 Å². The van der Waals surface area contributed by atoms with Gasteiger partial charge in [-0.25, -0.2) is 0 Å². The largest absolute Gasteiger partial charge is 0.389 e. The van der Waals surface area contributed by atoms with E-state index in [2.05, 4.69) is 10.6 Å². The fraction of sp³-hybridized carbons (Fsp3) is 0.0833. The number of amides is 1. The third-order valence-electron chi connectivity index (χ3n) is 4.21. The van der Waals surface area contributed by atoms with Gasteiger partial charge in [0.05, 0.1) is 5.69 Å². The highest BCUT2D eigenvalue weighted by molar-refractivity contribution is 7.99. The van der Waals surface area contributed by atoms with Gasteiger partial charge < -0.3 is 10.6 Å². The van der Waals surface area contributed by atoms with Gasteiger partial charge in [-0.3, -0.25) is 4.79 Å². The van der Waals surface area contributed by atoms with E-state index in [1.165, 1.54) is 6.20 Å². The van der Waals surface area contributed by atoms with Crippen LogP contribution in [-0.4, -0.2) is 12.5 Å². The van der Waals surface area contributed by atoms with Gasteiger partial charge >= 0.3 is 0 Å². The number of carbonyl (C=O) groups is 1. The topological polar surface area (TPSA) is 64.9 Å². The highest BCUT2D eigenvalue weighted by Crippen LogP contribution is 2.33. The van der Waals surface area contributed by atoms with Crippen LogP contribution in [0.1, 0.15) is 5.56 Å². The summed E-state index contributed by atoms with van der Waals surface area (Å²) in [6, 6.07) is 27.0. The monoisotopic (exact) mass is 433 g/mol. The maximum Gasteiger partial charge on any atom is 0.267 e. The van der Waals surface area contributed by atoms with Crippen LogP contribution >= 0.6 is 23.4 Å². The summed E-state index contributed by atoms with van der Waals surface area (Å²) >= 11 is 7.70. The molecule has 0 atom stereocenters. The number of para-hydroxylation sites is 1. The lowest BCUT2D eigenvalue weighted by Gasteiger charge is -2.10.